The van der Waals surface area contributed by atoms with Crippen molar-refractivity contribution in [3.63, 3.8) is 0 Å². The third-order valence-electron chi connectivity index (χ3n) is 3.39. The van der Waals surface area contributed by atoms with Crippen molar-refractivity contribution in [3.05, 3.63) is 28.0 Å². The highest BCUT2D eigenvalue weighted by Crippen LogP contribution is 2.27. The van der Waals surface area contributed by atoms with Crippen LogP contribution in [0.2, 0.25) is 0 Å². The van der Waals surface area contributed by atoms with Gasteiger partial charge in [-0.05, 0) is 32.8 Å². The molecule has 1 aromatic heterocycles. The summed E-state index contributed by atoms with van der Waals surface area (Å²) in [6.07, 6.45) is 4.69. The zero-order valence-corrected chi connectivity index (χ0v) is 13.1. The fourth-order valence-electron chi connectivity index (χ4n) is 2.40. The number of nitrogens with two attached hydrogens (primary N) is 1. The van der Waals surface area contributed by atoms with Crippen molar-refractivity contribution in [2.45, 2.75) is 37.6 Å². The van der Waals surface area contributed by atoms with Crippen molar-refractivity contribution in [1.29, 1.82) is 0 Å². The maximum atomic E-state index is 12.4. The third kappa shape index (κ3) is 3.11. The van der Waals surface area contributed by atoms with E-state index in [4.69, 9.17) is 5.73 Å². The van der Waals surface area contributed by atoms with Crippen LogP contribution in [0.15, 0.2) is 23.1 Å². The topological polar surface area (TPSA) is 89.3 Å². The van der Waals surface area contributed by atoms with Gasteiger partial charge in [0.1, 0.15) is 0 Å². The van der Waals surface area contributed by atoms with E-state index in [1.54, 1.807) is 13.0 Å². The molecule has 1 aromatic rings. The number of carbonyl (C=O) groups excluding carboxylic acids is 1. The maximum absolute atomic E-state index is 12.4. The molecule has 0 fully saturated rings. The molecular formula is C13H18N2O3S2. The third-order valence-corrected chi connectivity index (χ3v) is 6.10. The second kappa shape index (κ2) is 5.67. The van der Waals surface area contributed by atoms with Gasteiger partial charge in [0.25, 0.3) is 0 Å². The highest BCUT2D eigenvalue weighted by atomic mass is 32.2. The molecule has 20 heavy (non-hydrogen) atoms. The molecule has 0 aliphatic heterocycles. The van der Waals surface area contributed by atoms with E-state index >= 15 is 0 Å². The average Bonchev–Trinajstić information content (AvgIpc) is 2.69. The molecule has 0 saturated heterocycles. The summed E-state index contributed by atoms with van der Waals surface area (Å²) in [7, 11) is -3.62. The van der Waals surface area contributed by atoms with Crippen LogP contribution in [0.1, 0.15) is 22.6 Å². The zero-order valence-electron chi connectivity index (χ0n) is 11.4. The molecule has 0 bridgehead atoms. The molecule has 0 saturated carbocycles. The lowest BCUT2D eigenvalue weighted by molar-refractivity contribution is -0.122. The number of aryl methyl sites for hydroxylation is 2. The van der Waals surface area contributed by atoms with Gasteiger partial charge in [-0.3, -0.25) is 4.79 Å². The Morgan fingerprint density at radius 1 is 1.35 bits per heavy atom. The number of hydrogen-bond acceptors (Lipinski definition) is 4. The normalized spacial score (nSPS) is 22.9. The monoisotopic (exact) mass is 314 g/mol. The molecule has 7 heteroatoms. The van der Waals surface area contributed by atoms with Gasteiger partial charge in [0, 0.05) is 15.8 Å². The minimum atomic E-state index is -3.62. The van der Waals surface area contributed by atoms with Gasteiger partial charge in [0.2, 0.25) is 15.9 Å². The Morgan fingerprint density at radius 3 is 2.55 bits per heavy atom. The Bertz CT molecular complexity index is 647. The molecule has 1 aliphatic rings. The Kier molecular flexibility index (Phi) is 4.31. The van der Waals surface area contributed by atoms with Gasteiger partial charge in [0.15, 0.2) is 0 Å². The average molecular weight is 314 g/mol. The number of amides is 1. The minimum Gasteiger partial charge on any atom is -0.369 e. The van der Waals surface area contributed by atoms with Crippen LogP contribution in [0.25, 0.3) is 0 Å². The Morgan fingerprint density at radius 2 is 2.00 bits per heavy atom. The van der Waals surface area contributed by atoms with Crippen LogP contribution in [0.4, 0.5) is 0 Å². The predicted molar refractivity (Wildman–Crippen MR) is 79.0 cm³/mol. The highest BCUT2D eigenvalue weighted by molar-refractivity contribution is 7.89. The molecular weight excluding hydrogens is 296 g/mol. The largest absolute Gasteiger partial charge is 0.369 e. The van der Waals surface area contributed by atoms with Crippen molar-refractivity contribution in [1.82, 2.24) is 4.72 Å². The first-order chi connectivity index (χ1) is 9.31. The minimum absolute atomic E-state index is 0.290. The van der Waals surface area contributed by atoms with Gasteiger partial charge >= 0.3 is 0 Å². The molecule has 5 nitrogen and oxygen atoms in total. The summed E-state index contributed by atoms with van der Waals surface area (Å²) in [5.74, 6) is -0.963. The number of nitrogens with one attached hydrogen (secondary N) is 1. The molecule has 1 amide bonds. The van der Waals surface area contributed by atoms with E-state index in [0.717, 1.165) is 9.75 Å². The van der Waals surface area contributed by atoms with Gasteiger partial charge in [-0.2, -0.15) is 0 Å². The number of thiophene rings is 1. The summed E-state index contributed by atoms with van der Waals surface area (Å²) in [5, 5.41) is 0. The van der Waals surface area contributed by atoms with E-state index in [2.05, 4.69) is 4.72 Å². The van der Waals surface area contributed by atoms with Crippen molar-refractivity contribution >= 4 is 27.3 Å². The number of hydrogen-bond donors (Lipinski definition) is 2. The van der Waals surface area contributed by atoms with E-state index in [-0.39, 0.29) is 4.90 Å². The van der Waals surface area contributed by atoms with E-state index in [0.29, 0.717) is 12.8 Å². The van der Waals surface area contributed by atoms with Gasteiger partial charge in [-0.25, -0.2) is 13.1 Å². The number of sulfonamides is 1. The highest BCUT2D eigenvalue weighted by Gasteiger charge is 2.32. The number of primary amides is 1. The van der Waals surface area contributed by atoms with Gasteiger partial charge in [-0.1, -0.05) is 12.2 Å². The molecule has 3 N–H and O–H groups in total. The number of allylic oxidation sites excluding steroid dienone is 1. The summed E-state index contributed by atoms with van der Waals surface area (Å²) >= 11 is 1.44. The molecule has 2 rings (SSSR count). The van der Waals surface area contributed by atoms with Gasteiger partial charge < -0.3 is 5.73 Å². The second-order valence-electron chi connectivity index (χ2n) is 4.96. The molecule has 0 aromatic carbocycles. The molecule has 2 atom stereocenters. The van der Waals surface area contributed by atoms with Crippen molar-refractivity contribution in [2.75, 3.05) is 0 Å². The summed E-state index contributed by atoms with van der Waals surface area (Å²) < 4.78 is 27.5. The first-order valence-electron chi connectivity index (χ1n) is 6.35. The Hall–Kier alpha value is -1.18. The smallest absolute Gasteiger partial charge is 0.241 e. The van der Waals surface area contributed by atoms with E-state index < -0.39 is 27.9 Å². The van der Waals surface area contributed by atoms with Gasteiger partial charge in [-0.15, -0.1) is 11.3 Å². The number of carbonyl (C=O) groups is 1. The lowest BCUT2D eigenvalue weighted by Gasteiger charge is -2.26. The summed E-state index contributed by atoms with van der Waals surface area (Å²) in [4.78, 5) is 13.4. The molecule has 110 valence electrons. The van der Waals surface area contributed by atoms with Crippen LogP contribution in [0, 0.1) is 19.8 Å². The SMILES string of the molecule is Cc1cc(S(=O)(=O)N[C@@H]2CC=CC[C@H]2C(N)=O)c(C)s1. The standard InChI is InChI=1S/C13H18N2O3S2/c1-8-7-12(9(2)19-8)20(17,18)15-11-6-4-3-5-10(11)13(14)16/h3-4,7,10-11,15H,5-6H2,1-2H3,(H2,14,16)/t10-,11-/m1/s1. The van der Waals surface area contributed by atoms with Crippen LogP contribution in [-0.4, -0.2) is 20.4 Å². The quantitative estimate of drug-likeness (QED) is 0.825. The zero-order chi connectivity index (χ0) is 14.9. The van der Waals surface area contributed by atoms with E-state index in [1.807, 2.05) is 19.1 Å². The van der Waals surface area contributed by atoms with Crippen molar-refractivity contribution in [2.24, 2.45) is 11.7 Å². The summed E-state index contributed by atoms with van der Waals surface area (Å²) in [5.41, 5.74) is 5.34. The van der Waals surface area contributed by atoms with Crippen LogP contribution >= 0.6 is 11.3 Å². The molecule has 0 unspecified atom stereocenters. The molecule has 1 aliphatic carbocycles. The van der Waals surface area contributed by atoms with Crippen molar-refractivity contribution < 1.29 is 13.2 Å². The van der Waals surface area contributed by atoms with Crippen LogP contribution < -0.4 is 10.5 Å². The van der Waals surface area contributed by atoms with Crippen LogP contribution in [0.5, 0.6) is 0 Å². The Balaban J connectivity index is 2.26. The molecule has 0 spiro atoms. The van der Waals surface area contributed by atoms with Crippen LogP contribution in [-0.2, 0) is 14.8 Å². The molecule has 1 heterocycles. The van der Waals surface area contributed by atoms with Crippen LogP contribution in [0.3, 0.4) is 0 Å². The number of rotatable bonds is 4. The van der Waals surface area contributed by atoms with E-state index in [9.17, 15) is 13.2 Å². The first kappa shape index (κ1) is 15.2. The van der Waals surface area contributed by atoms with E-state index in [1.165, 1.54) is 11.3 Å². The second-order valence-corrected chi connectivity index (χ2v) is 8.10. The maximum Gasteiger partial charge on any atom is 0.241 e. The fraction of sp³-hybridized carbons (Fsp3) is 0.462. The summed E-state index contributed by atoms with van der Waals surface area (Å²) in [6.45, 7) is 3.64. The summed E-state index contributed by atoms with van der Waals surface area (Å²) in [6, 6.07) is 1.18. The fourth-order valence-corrected chi connectivity index (χ4v) is 5.24. The Labute approximate surface area is 122 Å². The lowest BCUT2D eigenvalue weighted by atomic mass is 9.89. The first-order valence-corrected chi connectivity index (χ1v) is 8.65. The molecule has 0 radical (unpaired) electrons. The lowest BCUT2D eigenvalue weighted by Crippen LogP contribution is -2.46. The predicted octanol–water partition coefficient (Wildman–Crippen LogP) is 1.46. The van der Waals surface area contributed by atoms with Crippen molar-refractivity contribution in [3.8, 4) is 0 Å². The van der Waals surface area contributed by atoms with Gasteiger partial charge in [0.05, 0.1) is 10.8 Å².